The number of amides is 2. The number of H-pyrrole nitrogens is 1. The van der Waals surface area contributed by atoms with Gasteiger partial charge in [-0.25, -0.2) is 9.18 Å². The van der Waals surface area contributed by atoms with E-state index < -0.39 is 0 Å². The van der Waals surface area contributed by atoms with Crippen LogP contribution in [0.3, 0.4) is 0 Å². The smallest absolute Gasteiger partial charge is 0.317 e. The number of hydrogen-bond acceptors (Lipinski definition) is 3. The largest absolute Gasteiger partial charge is 0.335 e. The number of aromatic amines is 1. The van der Waals surface area contributed by atoms with Crippen molar-refractivity contribution in [1.82, 2.24) is 25.3 Å². The third-order valence-electron chi connectivity index (χ3n) is 6.27. The van der Waals surface area contributed by atoms with E-state index in [0.717, 1.165) is 67.3 Å². The zero-order valence-electron chi connectivity index (χ0n) is 19.4. The van der Waals surface area contributed by atoms with Crippen LogP contribution >= 0.6 is 11.6 Å². The van der Waals surface area contributed by atoms with Crippen molar-refractivity contribution >= 4 is 17.6 Å². The highest BCUT2D eigenvalue weighted by molar-refractivity contribution is 6.30. The molecule has 0 spiro atoms. The second kappa shape index (κ2) is 11.5. The zero-order chi connectivity index (χ0) is 23.9. The third kappa shape index (κ3) is 6.81. The Balaban J connectivity index is 1.15. The molecule has 1 aliphatic rings. The van der Waals surface area contributed by atoms with Crippen LogP contribution in [0.4, 0.5) is 9.18 Å². The van der Waals surface area contributed by atoms with Crippen molar-refractivity contribution in [3.05, 3.63) is 76.7 Å². The normalized spacial score (nSPS) is 14.8. The molecular weight excluding hydrogens is 453 g/mol. The first-order valence-electron chi connectivity index (χ1n) is 11.7. The fraction of sp³-hybridized carbons (Fsp3) is 0.385. The van der Waals surface area contributed by atoms with E-state index in [-0.39, 0.29) is 17.9 Å². The molecule has 0 bridgehead atoms. The average molecular weight is 484 g/mol. The average Bonchev–Trinajstić information content (AvgIpc) is 3.31. The summed E-state index contributed by atoms with van der Waals surface area (Å²) in [5, 5.41) is 11.2. The van der Waals surface area contributed by atoms with Gasteiger partial charge in [-0.15, -0.1) is 0 Å². The number of rotatable bonds is 8. The molecule has 1 fully saturated rings. The first-order chi connectivity index (χ1) is 16.5. The number of aryl methyl sites for hydroxylation is 1. The van der Waals surface area contributed by atoms with Crippen molar-refractivity contribution in [1.29, 1.82) is 0 Å². The molecule has 2 amide bonds. The lowest BCUT2D eigenvalue weighted by Gasteiger charge is -2.33. The van der Waals surface area contributed by atoms with E-state index >= 15 is 0 Å². The molecule has 0 unspecified atom stereocenters. The van der Waals surface area contributed by atoms with Crippen LogP contribution in [0.2, 0.25) is 5.02 Å². The Morgan fingerprint density at radius 1 is 1.21 bits per heavy atom. The van der Waals surface area contributed by atoms with Crippen molar-refractivity contribution in [2.24, 2.45) is 0 Å². The van der Waals surface area contributed by atoms with Crippen molar-refractivity contribution in [2.45, 2.75) is 38.3 Å². The van der Waals surface area contributed by atoms with E-state index in [9.17, 15) is 9.18 Å². The molecule has 1 aliphatic heterocycles. The molecule has 0 radical (unpaired) electrons. The van der Waals surface area contributed by atoms with E-state index in [2.05, 4.69) is 32.5 Å². The number of nitrogens with one attached hydrogen (secondary N) is 2. The van der Waals surface area contributed by atoms with Gasteiger partial charge in [0.1, 0.15) is 5.82 Å². The second-order valence-corrected chi connectivity index (χ2v) is 9.38. The third-order valence-corrected chi connectivity index (χ3v) is 6.52. The predicted molar refractivity (Wildman–Crippen MR) is 133 cm³/mol. The van der Waals surface area contributed by atoms with Gasteiger partial charge in [-0.2, -0.15) is 5.10 Å². The number of aromatic nitrogens is 2. The molecule has 2 heterocycles. The molecular formula is C26H31ClFN5O. The summed E-state index contributed by atoms with van der Waals surface area (Å²) in [4.78, 5) is 16.8. The number of piperidine rings is 1. The Morgan fingerprint density at radius 3 is 2.71 bits per heavy atom. The Bertz CT molecular complexity index is 1080. The molecule has 2 N–H and O–H groups in total. The van der Waals surface area contributed by atoms with Crippen molar-refractivity contribution in [2.75, 3.05) is 26.7 Å². The SMILES string of the molecule is CN(CCCc1cc(-c2cccc(F)c2)n[nH]1)C(=O)NC1CCN(Cc2ccc(Cl)cc2)CC1. The molecule has 6 nitrogen and oxygen atoms in total. The highest BCUT2D eigenvalue weighted by atomic mass is 35.5. The summed E-state index contributed by atoms with van der Waals surface area (Å²) in [5.74, 6) is -0.276. The monoisotopic (exact) mass is 483 g/mol. The summed E-state index contributed by atoms with van der Waals surface area (Å²) in [5.41, 5.74) is 3.70. The highest BCUT2D eigenvalue weighted by Gasteiger charge is 2.22. The lowest BCUT2D eigenvalue weighted by atomic mass is 10.0. The number of benzene rings is 2. The molecule has 1 saturated heterocycles. The highest BCUT2D eigenvalue weighted by Crippen LogP contribution is 2.19. The van der Waals surface area contributed by atoms with Crippen molar-refractivity contribution in [3.8, 4) is 11.3 Å². The summed E-state index contributed by atoms with van der Waals surface area (Å²) in [6, 6.07) is 16.5. The Morgan fingerprint density at radius 2 is 1.97 bits per heavy atom. The first kappa shape index (κ1) is 24.2. The van der Waals surface area contributed by atoms with Crippen LogP contribution in [0, 0.1) is 5.82 Å². The molecule has 3 aromatic rings. The number of carbonyl (C=O) groups excluding carboxylic acids is 1. The maximum atomic E-state index is 13.4. The van der Waals surface area contributed by atoms with Crippen LogP contribution in [0.1, 0.15) is 30.5 Å². The van der Waals surface area contributed by atoms with E-state index in [0.29, 0.717) is 6.54 Å². The van der Waals surface area contributed by atoms with Gasteiger partial charge in [0, 0.05) is 55.5 Å². The van der Waals surface area contributed by atoms with Gasteiger partial charge < -0.3 is 10.2 Å². The lowest BCUT2D eigenvalue weighted by molar-refractivity contribution is 0.174. The summed E-state index contributed by atoms with van der Waals surface area (Å²) in [6.07, 6.45) is 3.48. The van der Waals surface area contributed by atoms with E-state index in [1.165, 1.54) is 17.7 Å². The number of halogens is 2. The molecule has 8 heteroatoms. The van der Waals surface area contributed by atoms with Crippen molar-refractivity contribution < 1.29 is 9.18 Å². The second-order valence-electron chi connectivity index (χ2n) is 8.94. The number of urea groups is 1. The number of likely N-dealkylation sites (tertiary alicyclic amines) is 1. The lowest BCUT2D eigenvalue weighted by Crippen LogP contribution is -2.48. The van der Waals surface area contributed by atoms with Gasteiger partial charge in [0.2, 0.25) is 0 Å². The number of carbonyl (C=O) groups is 1. The molecule has 0 atom stereocenters. The van der Waals surface area contributed by atoms with Gasteiger partial charge in [-0.05, 0) is 61.6 Å². The van der Waals surface area contributed by atoms with E-state index in [1.54, 1.807) is 11.0 Å². The minimum Gasteiger partial charge on any atom is -0.335 e. The summed E-state index contributed by atoms with van der Waals surface area (Å²) >= 11 is 5.97. The van der Waals surface area contributed by atoms with E-state index in [1.807, 2.05) is 31.3 Å². The Hall–Kier alpha value is -2.90. The molecule has 34 heavy (non-hydrogen) atoms. The van der Waals surface area contributed by atoms with Crippen molar-refractivity contribution in [3.63, 3.8) is 0 Å². The summed E-state index contributed by atoms with van der Waals surface area (Å²) < 4.78 is 13.4. The topological polar surface area (TPSA) is 64.3 Å². The van der Waals surface area contributed by atoms with Gasteiger partial charge in [-0.3, -0.25) is 10.00 Å². The minimum absolute atomic E-state index is 0.0267. The molecule has 180 valence electrons. The van der Waals surface area contributed by atoms with Crippen LogP contribution in [-0.4, -0.2) is 58.8 Å². The molecule has 1 aromatic heterocycles. The zero-order valence-corrected chi connectivity index (χ0v) is 20.2. The maximum absolute atomic E-state index is 13.4. The first-order valence-corrected chi connectivity index (χ1v) is 12.1. The van der Waals surface area contributed by atoms with Gasteiger partial charge in [-0.1, -0.05) is 35.9 Å². The molecule has 4 rings (SSSR count). The van der Waals surface area contributed by atoms with Crippen LogP contribution in [0.25, 0.3) is 11.3 Å². The number of hydrogen-bond donors (Lipinski definition) is 2. The Kier molecular flexibility index (Phi) is 8.19. The quantitative estimate of drug-likeness (QED) is 0.468. The van der Waals surface area contributed by atoms with Crippen LogP contribution in [0.5, 0.6) is 0 Å². The fourth-order valence-corrected chi connectivity index (χ4v) is 4.39. The van der Waals surface area contributed by atoms with Crippen LogP contribution < -0.4 is 5.32 Å². The van der Waals surface area contributed by atoms with Crippen LogP contribution in [-0.2, 0) is 13.0 Å². The van der Waals surface area contributed by atoms with Gasteiger partial charge >= 0.3 is 6.03 Å². The van der Waals surface area contributed by atoms with E-state index in [4.69, 9.17) is 11.6 Å². The minimum atomic E-state index is -0.276. The molecule has 2 aromatic carbocycles. The van der Waals surface area contributed by atoms with Gasteiger partial charge in [0.15, 0.2) is 0 Å². The van der Waals surface area contributed by atoms with Gasteiger partial charge in [0.25, 0.3) is 0 Å². The van der Waals surface area contributed by atoms with Crippen LogP contribution in [0.15, 0.2) is 54.6 Å². The number of nitrogens with zero attached hydrogens (tertiary/aromatic N) is 3. The predicted octanol–water partition coefficient (Wildman–Crippen LogP) is 5.11. The fourth-order valence-electron chi connectivity index (χ4n) is 4.26. The standard InChI is InChI=1S/C26H31ClFN5O/c1-32(13-3-6-24-17-25(31-30-24)20-4-2-5-22(28)16-20)26(34)29-23-11-14-33(15-12-23)18-19-7-9-21(27)10-8-19/h2,4-5,7-10,16-17,23H,3,6,11-15,18H2,1H3,(H,29,34)(H,30,31). The Labute approximate surface area is 205 Å². The maximum Gasteiger partial charge on any atom is 0.317 e. The summed E-state index contributed by atoms with van der Waals surface area (Å²) in [6.45, 7) is 3.48. The van der Waals surface area contributed by atoms with Gasteiger partial charge in [0.05, 0.1) is 5.69 Å². The molecule has 0 saturated carbocycles. The summed E-state index contributed by atoms with van der Waals surface area (Å²) in [7, 11) is 1.83. The molecule has 0 aliphatic carbocycles.